The van der Waals surface area contributed by atoms with E-state index in [1.165, 1.54) is 6.07 Å². The lowest BCUT2D eigenvalue weighted by Crippen LogP contribution is -2.13. The lowest BCUT2D eigenvalue weighted by molar-refractivity contribution is -0.383. The zero-order chi connectivity index (χ0) is 19.4. The van der Waals surface area contributed by atoms with Crippen molar-refractivity contribution in [1.29, 1.82) is 0 Å². The number of hydrogen-bond donors (Lipinski definition) is 0. The van der Waals surface area contributed by atoms with Gasteiger partial charge in [0.15, 0.2) is 0 Å². The van der Waals surface area contributed by atoms with E-state index in [4.69, 9.17) is 4.74 Å². The van der Waals surface area contributed by atoms with Gasteiger partial charge >= 0.3 is 5.97 Å². The Labute approximate surface area is 157 Å². The maximum Gasteiger partial charge on any atom is 0.340 e. The summed E-state index contributed by atoms with van der Waals surface area (Å²) < 4.78 is 5.29. The third-order valence-corrected chi connectivity index (χ3v) is 4.29. The summed E-state index contributed by atoms with van der Waals surface area (Å²) in [4.78, 5) is 28.4. The fourth-order valence-electron chi connectivity index (χ4n) is 3.21. The number of esters is 1. The van der Waals surface area contributed by atoms with Gasteiger partial charge in [-0.3, -0.25) is 10.1 Å². The molecule has 0 amide bonds. The highest BCUT2D eigenvalue weighted by molar-refractivity contribution is 6.09. The zero-order valence-corrected chi connectivity index (χ0v) is 15.3. The summed E-state index contributed by atoms with van der Waals surface area (Å²) in [5.74, 6) is -0.458. The molecule has 0 N–H and O–H groups in total. The minimum Gasteiger partial charge on any atom is -0.462 e. The molecule has 0 atom stereocenters. The molecular formula is C21H20N2O4. The van der Waals surface area contributed by atoms with Crippen LogP contribution in [0.2, 0.25) is 0 Å². The summed E-state index contributed by atoms with van der Waals surface area (Å²) in [6, 6.07) is 14.2. The largest absolute Gasteiger partial charge is 0.462 e. The highest BCUT2D eigenvalue weighted by atomic mass is 16.6. The predicted octanol–water partition coefficient (Wildman–Crippen LogP) is 4.94. The van der Waals surface area contributed by atoms with Crippen LogP contribution in [0.3, 0.4) is 0 Å². The molecule has 27 heavy (non-hydrogen) atoms. The first kappa shape index (κ1) is 18.5. The van der Waals surface area contributed by atoms with E-state index in [1.54, 1.807) is 19.1 Å². The van der Waals surface area contributed by atoms with Gasteiger partial charge in [-0.2, -0.15) is 0 Å². The molecule has 0 aliphatic heterocycles. The summed E-state index contributed by atoms with van der Waals surface area (Å²) in [7, 11) is 0. The van der Waals surface area contributed by atoms with Crippen LogP contribution in [0.25, 0.3) is 22.0 Å². The minimum absolute atomic E-state index is 0.0718. The lowest BCUT2D eigenvalue weighted by atomic mass is 9.92. The van der Waals surface area contributed by atoms with E-state index in [1.807, 2.05) is 37.3 Å². The number of carbonyl (C=O) groups is 1. The molecule has 0 aliphatic carbocycles. The van der Waals surface area contributed by atoms with Gasteiger partial charge in [-0.1, -0.05) is 55.8 Å². The molecule has 0 bridgehead atoms. The van der Waals surface area contributed by atoms with Crippen molar-refractivity contribution in [2.75, 3.05) is 6.61 Å². The molecule has 1 heterocycles. The van der Waals surface area contributed by atoms with E-state index in [2.05, 4.69) is 4.98 Å². The SMILES string of the molecule is CCCc1nc2c([N+](=O)[O-])cccc2c(-c2ccccc2)c1C(=O)OCC. The topological polar surface area (TPSA) is 82.3 Å². The molecule has 2 aromatic carbocycles. The summed E-state index contributed by atoms with van der Waals surface area (Å²) in [6.45, 7) is 3.97. The number of ether oxygens (including phenoxy) is 1. The van der Waals surface area contributed by atoms with Gasteiger partial charge in [0.1, 0.15) is 5.52 Å². The maximum atomic E-state index is 12.8. The van der Waals surface area contributed by atoms with Crippen LogP contribution in [-0.4, -0.2) is 22.5 Å². The van der Waals surface area contributed by atoms with Crippen LogP contribution >= 0.6 is 0 Å². The van der Waals surface area contributed by atoms with Gasteiger partial charge in [0.05, 0.1) is 22.8 Å². The number of pyridine rings is 1. The summed E-state index contributed by atoms with van der Waals surface area (Å²) in [6.07, 6.45) is 1.27. The fourth-order valence-corrected chi connectivity index (χ4v) is 3.21. The number of carbonyl (C=O) groups excluding carboxylic acids is 1. The number of aryl methyl sites for hydroxylation is 1. The second-order valence-electron chi connectivity index (χ2n) is 6.08. The van der Waals surface area contributed by atoms with Crippen molar-refractivity contribution in [2.45, 2.75) is 26.7 Å². The Hall–Kier alpha value is -3.28. The average Bonchev–Trinajstić information content (AvgIpc) is 2.67. The Morgan fingerprint density at radius 2 is 1.85 bits per heavy atom. The minimum atomic E-state index is -0.458. The Kier molecular flexibility index (Phi) is 5.45. The number of nitrogens with zero attached hydrogens (tertiary/aromatic N) is 2. The van der Waals surface area contributed by atoms with E-state index in [-0.39, 0.29) is 17.8 Å². The highest BCUT2D eigenvalue weighted by Gasteiger charge is 2.26. The van der Waals surface area contributed by atoms with E-state index in [9.17, 15) is 14.9 Å². The first-order chi connectivity index (χ1) is 13.1. The van der Waals surface area contributed by atoms with Crippen LogP contribution in [0, 0.1) is 10.1 Å². The van der Waals surface area contributed by atoms with Gasteiger partial charge in [0, 0.05) is 17.0 Å². The van der Waals surface area contributed by atoms with Gasteiger partial charge in [0.2, 0.25) is 0 Å². The number of nitro groups is 1. The molecule has 0 saturated heterocycles. The molecule has 0 aliphatic rings. The van der Waals surface area contributed by atoms with Crippen molar-refractivity contribution in [3.63, 3.8) is 0 Å². The quantitative estimate of drug-likeness (QED) is 0.351. The fraction of sp³-hybridized carbons (Fsp3) is 0.238. The Bertz CT molecular complexity index is 1000. The van der Waals surface area contributed by atoms with Crippen LogP contribution in [0.4, 0.5) is 5.69 Å². The number of fused-ring (bicyclic) bond motifs is 1. The molecular weight excluding hydrogens is 344 g/mol. The standard InChI is InChI=1S/C21H20N2O4/c1-3-9-16-19(21(24)27-4-2)18(14-10-6-5-7-11-14)15-12-8-13-17(23(25)26)20(15)22-16/h5-8,10-13H,3-4,9H2,1-2H3. The Morgan fingerprint density at radius 1 is 1.11 bits per heavy atom. The van der Waals surface area contributed by atoms with Crippen molar-refractivity contribution in [1.82, 2.24) is 4.98 Å². The first-order valence-corrected chi connectivity index (χ1v) is 8.91. The average molecular weight is 364 g/mol. The van der Waals surface area contributed by atoms with E-state index >= 15 is 0 Å². The van der Waals surface area contributed by atoms with E-state index < -0.39 is 10.9 Å². The van der Waals surface area contributed by atoms with E-state index in [0.29, 0.717) is 28.6 Å². The number of hydrogen-bond acceptors (Lipinski definition) is 5. The van der Waals surface area contributed by atoms with Crippen molar-refractivity contribution in [2.24, 2.45) is 0 Å². The molecule has 6 heteroatoms. The van der Waals surface area contributed by atoms with Crippen LogP contribution in [0.5, 0.6) is 0 Å². The number of benzene rings is 2. The number of non-ortho nitro benzene ring substituents is 1. The third kappa shape index (κ3) is 3.51. The van der Waals surface area contributed by atoms with Gasteiger partial charge < -0.3 is 4.74 Å². The second-order valence-corrected chi connectivity index (χ2v) is 6.08. The highest BCUT2D eigenvalue weighted by Crippen LogP contribution is 2.37. The lowest BCUT2D eigenvalue weighted by Gasteiger charge is -2.16. The molecule has 1 aromatic heterocycles. The normalized spacial score (nSPS) is 10.7. The summed E-state index contributed by atoms with van der Waals surface area (Å²) >= 11 is 0. The van der Waals surface area contributed by atoms with Crippen LogP contribution in [0.1, 0.15) is 36.3 Å². The van der Waals surface area contributed by atoms with Gasteiger partial charge in [-0.15, -0.1) is 0 Å². The van der Waals surface area contributed by atoms with Crippen LogP contribution < -0.4 is 0 Å². The molecule has 138 valence electrons. The maximum absolute atomic E-state index is 12.8. The molecule has 3 rings (SSSR count). The Balaban J connectivity index is 2.47. The molecule has 6 nitrogen and oxygen atoms in total. The summed E-state index contributed by atoms with van der Waals surface area (Å²) in [5, 5.41) is 12.1. The number of rotatable bonds is 6. The molecule has 0 unspecified atom stereocenters. The molecule has 3 aromatic rings. The van der Waals surface area contributed by atoms with Crippen LogP contribution in [-0.2, 0) is 11.2 Å². The second kappa shape index (κ2) is 7.95. The smallest absolute Gasteiger partial charge is 0.340 e. The number of aromatic nitrogens is 1. The van der Waals surface area contributed by atoms with Gasteiger partial charge in [-0.05, 0) is 18.9 Å². The van der Waals surface area contributed by atoms with E-state index in [0.717, 1.165) is 12.0 Å². The molecule has 0 spiro atoms. The van der Waals surface area contributed by atoms with Crippen molar-refractivity contribution < 1.29 is 14.5 Å². The predicted molar refractivity (Wildman–Crippen MR) is 104 cm³/mol. The zero-order valence-electron chi connectivity index (χ0n) is 15.3. The molecule has 0 saturated carbocycles. The molecule has 0 radical (unpaired) electrons. The summed E-state index contributed by atoms with van der Waals surface area (Å²) in [5.41, 5.74) is 2.56. The van der Waals surface area contributed by atoms with Gasteiger partial charge in [0.25, 0.3) is 5.69 Å². The van der Waals surface area contributed by atoms with Gasteiger partial charge in [-0.25, -0.2) is 9.78 Å². The first-order valence-electron chi connectivity index (χ1n) is 8.91. The van der Waals surface area contributed by atoms with Crippen LogP contribution in [0.15, 0.2) is 48.5 Å². The van der Waals surface area contributed by atoms with Crippen molar-refractivity contribution in [3.8, 4) is 11.1 Å². The van der Waals surface area contributed by atoms with Crippen molar-refractivity contribution in [3.05, 3.63) is 69.9 Å². The molecule has 0 fully saturated rings. The monoisotopic (exact) mass is 364 g/mol. The third-order valence-electron chi connectivity index (χ3n) is 4.29. The Morgan fingerprint density at radius 3 is 2.48 bits per heavy atom. The number of para-hydroxylation sites is 1. The number of nitro benzene ring substituents is 1. The van der Waals surface area contributed by atoms with Crippen molar-refractivity contribution >= 4 is 22.6 Å².